The Kier molecular flexibility index (Phi) is 5.28. The molecule has 0 saturated carbocycles. The van der Waals surface area contributed by atoms with Crippen molar-refractivity contribution < 1.29 is 0 Å². The number of nitrogens with zero attached hydrogens (tertiary/aromatic N) is 4. The van der Waals surface area contributed by atoms with Gasteiger partial charge in [0.05, 0.1) is 6.67 Å². The van der Waals surface area contributed by atoms with Crippen molar-refractivity contribution in [3.05, 3.63) is 69.4 Å². The van der Waals surface area contributed by atoms with Gasteiger partial charge in [0.25, 0.3) is 0 Å². The molecule has 124 valence electrons. The zero-order valence-corrected chi connectivity index (χ0v) is 16.1. The van der Waals surface area contributed by atoms with E-state index in [4.69, 9.17) is 17.3 Å². The highest BCUT2D eigenvalue weighted by molar-refractivity contribution is 9.10. The highest BCUT2D eigenvalue weighted by Gasteiger charge is 2.11. The monoisotopic (exact) mass is 402 g/mol. The molecule has 0 amide bonds. The van der Waals surface area contributed by atoms with Crippen molar-refractivity contribution in [3.8, 4) is 11.4 Å². The topological polar surface area (TPSA) is 26.0 Å². The van der Waals surface area contributed by atoms with Crippen LogP contribution in [0.2, 0.25) is 0 Å². The predicted molar refractivity (Wildman–Crippen MR) is 103 cm³/mol. The summed E-state index contributed by atoms with van der Waals surface area (Å²) in [6.07, 6.45) is 0. The molecule has 24 heavy (non-hydrogen) atoms. The zero-order chi connectivity index (χ0) is 17.1. The van der Waals surface area contributed by atoms with Crippen molar-refractivity contribution >= 4 is 28.1 Å². The first-order valence-corrected chi connectivity index (χ1v) is 8.87. The highest BCUT2D eigenvalue weighted by Crippen LogP contribution is 2.21. The van der Waals surface area contributed by atoms with Crippen LogP contribution in [0.3, 0.4) is 0 Å². The molecule has 2 aromatic carbocycles. The molecule has 0 bridgehead atoms. The van der Waals surface area contributed by atoms with Gasteiger partial charge in [-0.1, -0.05) is 58.4 Å². The third-order valence-electron chi connectivity index (χ3n) is 3.79. The summed E-state index contributed by atoms with van der Waals surface area (Å²) in [5, 5.41) is 4.72. The summed E-state index contributed by atoms with van der Waals surface area (Å²) in [5.41, 5.74) is 2.32. The summed E-state index contributed by atoms with van der Waals surface area (Å²) < 4.78 is 5.56. The van der Waals surface area contributed by atoms with Crippen molar-refractivity contribution in [2.45, 2.75) is 13.2 Å². The van der Waals surface area contributed by atoms with E-state index >= 15 is 0 Å². The fourth-order valence-corrected chi connectivity index (χ4v) is 3.22. The van der Waals surface area contributed by atoms with Gasteiger partial charge in [-0.25, -0.2) is 4.68 Å². The van der Waals surface area contributed by atoms with Crippen LogP contribution in [0.25, 0.3) is 11.4 Å². The van der Waals surface area contributed by atoms with Crippen molar-refractivity contribution in [1.82, 2.24) is 19.2 Å². The van der Waals surface area contributed by atoms with Gasteiger partial charge >= 0.3 is 0 Å². The van der Waals surface area contributed by atoms with Crippen molar-refractivity contribution in [2.75, 3.05) is 7.05 Å². The van der Waals surface area contributed by atoms with Crippen LogP contribution >= 0.6 is 28.1 Å². The number of benzene rings is 2. The largest absolute Gasteiger partial charge is 0.303 e. The van der Waals surface area contributed by atoms with E-state index < -0.39 is 0 Å². The molecule has 1 aromatic heterocycles. The van der Waals surface area contributed by atoms with Gasteiger partial charge in [-0.2, -0.15) is 5.10 Å². The second kappa shape index (κ2) is 7.42. The fourth-order valence-electron chi connectivity index (χ4n) is 2.63. The molecule has 3 rings (SSSR count). The minimum Gasteiger partial charge on any atom is -0.303 e. The van der Waals surface area contributed by atoms with E-state index in [0.717, 1.165) is 22.4 Å². The Morgan fingerprint density at radius 3 is 2.58 bits per heavy atom. The molecule has 0 unspecified atom stereocenters. The Balaban J connectivity index is 1.82. The van der Waals surface area contributed by atoms with Crippen molar-refractivity contribution in [3.63, 3.8) is 0 Å². The Hall–Kier alpha value is -1.76. The molecule has 3 aromatic rings. The molecule has 0 atom stereocenters. The highest BCUT2D eigenvalue weighted by atomic mass is 79.9. The van der Waals surface area contributed by atoms with Gasteiger partial charge in [0.2, 0.25) is 0 Å². The van der Waals surface area contributed by atoms with Gasteiger partial charge in [0.15, 0.2) is 10.6 Å². The van der Waals surface area contributed by atoms with E-state index in [-0.39, 0.29) is 0 Å². The molecule has 0 saturated heterocycles. The van der Waals surface area contributed by atoms with Crippen molar-refractivity contribution in [2.24, 2.45) is 7.05 Å². The summed E-state index contributed by atoms with van der Waals surface area (Å²) in [5.74, 6) is 0.870. The van der Waals surface area contributed by atoms with Gasteiger partial charge in [0, 0.05) is 23.6 Å². The van der Waals surface area contributed by atoms with Gasteiger partial charge in [-0.05, 0) is 37.0 Å². The normalized spacial score (nSPS) is 11.2. The standard InChI is InChI=1S/C18H19BrN4S/c1-21(12-14-7-4-3-5-8-14)13-23-18(24)22(2)17(20-23)15-9-6-10-16(19)11-15/h3-11H,12-13H2,1-2H3. The number of aromatic nitrogens is 3. The molecule has 0 fully saturated rings. The third-order valence-corrected chi connectivity index (χ3v) is 4.77. The van der Waals surface area contributed by atoms with Crippen LogP contribution in [0.4, 0.5) is 0 Å². The Morgan fingerprint density at radius 2 is 1.88 bits per heavy atom. The molecule has 0 radical (unpaired) electrons. The molecule has 1 heterocycles. The first-order valence-electron chi connectivity index (χ1n) is 7.67. The zero-order valence-electron chi connectivity index (χ0n) is 13.7. The lowest BCUT2D eigenvalue weighted by molar-refractivity contribution is 0.244. The third kappa shape index (κ3) is 3.83. The van der Waals surface area contributed by atoms with Crippen LogP contribution in [0, 0.1) is 4.77 Å². The molecule has 6 heteroatoms. The fraction of sp³-hybridized carbons (Fsp3) is 0.222. The van der Waals surface area contributed by atoms with E-state index in [1.807, 2.05) is 40.6 Å². The average molecular weight is 403 g/mol. The second-order valence-corrected chi connectivity index (χ2v) is 7.10. The van der Waals surface area contributed by atoms with Crippen LogP contribution in [-0.4, -0.2) is 26.3 Å². The molecule has 0 aliphatic carbocycles. The maximum Gasteiger partial charge on any atom is 0.199 e. The van der Waals surface area contributed by atoms with E-state index in [1.54, 1.807) is 0 Å². The minimum atomic E-state index is 0.648. The van der Waals surface area contributed by atoms with Gasteiger partial charge in [0.1, 0.15) is 0 Å². The maximum atomic E-state index is 5.55. The first kappa shape index (κ1) is 17.1. The van der Waals surface area contributed by atoms with E-state index in [2.05, 4.69) is 58.2 Å². The lowest BCUT2D eigenvalue weighted by atomic mass is 10.2. The predicted octanol–water partition coefficient (Wildman–Crippen LogP) is 4.47. The lowest BCUT2D eigenvalue weighted by Gasteiger charge is -2.16. The van der Waals surface area contributed by atoms with Crippen LogP contribution in [0.15, 0.2) is 59.1 Å². The Labute approximate surface area is 155 Å². The van der Waals surface area contributed by atoms with Gasteiger partial charge < -0.3 is 4.57 Å². The number of halogens is 1. The molecule has 0 spiro atoms. The van der Waals surface area contributed by atoms with Crippen LogP contribution in [-0.2, 0) is 20.3 Å². The van der Waals surface area contributed by atoms with E-state index in [1.165, 1.54) is 5.56 Å². The smallest absolute Gasteiger partial charge is 0.199 e. The average Bonchev–Trinajstić information content (AvgIpc) is 2.84. The van der Waals surface area contributed by atoms with Crippen LogP contribution < -0.4 is 0 Å². The summed E-state index contributed by atoms with van der Waals surface area (Å²) in [6.45, 7) is 1.50. The molecular weight excluding hydrogens is 384 g/mol. The van der Waals surface area contributed by atoms with E-state index in [9.17, 15) is 0 Å². The summed E-state index contributed by atoms with van der Waals surface area (Å²) in [7, 11) is 4.03. The number of hydrogen-bond donors (Lipinski definition) is 0. The summed E-state index contributed by atoms with van der Waals surface area (Å²) in [4.78, 5) is 2.20. The van der Waals surface area contributed by atoms with Gasteiger partial charge in [-0.15, -0.1) is 0 Å². The molecular formula is C18H19BrN4S. The minimum absolute atomic E-state index is 0.648. The second-order valence-electron chi connectivity index (χ2n) is 5.82. The maximum absolute atomic E-state index is 5.55. The van der Waals surface area contributed by atoms with E-state index in [0.29, 0.717) is 11.4 Å². The molecule has 4 nitrogen and oxygen atoms in total. The molecule has 0 N–H and O–H groups in total. The Morgan fingerprint density at radius 1 is 1.12 bits per heavy atom. The van der Waals surface area contributed by atoms with Gasteiger partial charge in [-0.3, -0.25) is 4.90 Å². The quantitative estimate of drug-likeness (QED) is 0.588. The molecule has 0 aliphatic heterocycles. The SMILES string of the molecule is CN(Cc1ccccc1)Cn1nc(-c2cccc(Br)c2)n(C)c1=S. The van der Waals surface area contributed by atoms with Crippen LogP contribution in [0.5, 0.6) is 0 Å². The molecule has 0 aliphatic rings. The van der Waals surface area contributed by atoms with Crippen molar-refractivity contribution in [1.29, 1.82) is 0 Å². The summed E-state index contributed by atoms with van der Waals surface area (Å²) in [6, 6.07) is 18.5. The Bertz CT molecular complexity index is 886. The number of rotatable bonds is 5. The van der Waals surface area contributed by atoms with Crippen LogP contribution in [0.1, 0.15) is 5.56 Å². The lowest BCUT2D eigenvalue weighted by Crippen LogP contribution is -2.22. The number of hydrogen-bond acceptors (Lipinski definition) is 3. The summed E-state index contributed by atoms with van der Waals surface area (Å²) >= 11 is 9.06. The first-order chi connectivity index (χ1) is 11.5.